The maximum atomic E-state index is 8.52. The molecule has 6 nitrogen and oxygen atoms in total. The van der Waals surface area contributed by atoms with Gasteiger partial charge in [-0.3, -0.25) is 5.41 Å². The van der Waals surface area contributed by atoms with Gasteiger partial charge in [0.05, 0.1) is 5.56 Å². The maximum absolute atomic E-state index is 8.52. The van der Waals surface area contributed by atoms with E-state index in [2.05, 4.69) is 20.3 Å². The molecule has 0 saturated carbocycles. The Bertz CT molecular complexity index is 893. The Labute approximate surface area is 144 Å². The summed E-state index contributed by atoms with van der Waals surface area (Å²) in [5.41, 5.74) is 7.41. The van der Waals surface area contributed by atoms with Crippen LogP contribution in [-0.4, -0.2) is 25.5 Å². The van der Waals surface area contributed by atoms with Gasteiger partial charge in [0.1, 0.15) is 23.0 Å². The minimum atomic E-state index is -0.193. The van der Waals surface area contributed by atoms with Gasteiger partial charge in [0.2, 0.25) is 0 Å². The van der Waals surface area contributed by atoms with Gasteiger partial charge in [-0.05, 0) is 26.8 Å². The fourth-order valence-corrected chi connectivity index (χ4v) is 3.29. The van der Waals surface area contributed by atoms with Gasteiger partial charge in [-0.25, -0.2) is 9.97 Å². The first-order chi connectivity index (χ1) is 11.3. The van der Waals surface area contributed by atoms with Crippen LogP contribution in [0, 0.1) is 5.41 Å². The molecule has 0 fully saturated rings. The molecule has 0 amide bonds. The van der Waals surface area contributed by atoms with E-state index in [-0.39, 0.29) is 5.54 Å². The minimum Gasteiger partial charge on any atom is -0.383 e. The molecule has 3 aromatic rings. The van der Waals surface area contributed by atoms with Crippen LogP contribution in [0.3, 0.4) is 0 Å². The van der Waals surface area contributed by atoms with E-state index in [0.29, 0.717) is 22.2 Å². The highest BCUT2D eigenvalue weighted by molar-refractivity contribution is 8.14. The normalized spacial score (nSPS) is 11.6. The number of rotatable bonds is 3. The van der Waals surface area contributed by atoms with E-state index in [4.69, 9.17) is 11.1 Å². The number of anilines is 2. The number of nitrogen functional groups attached to an aromatic ring is 1. The van der Waals surface area contributed by atoms with Crippen LogP contribution in [0.25, 0.3) is 10.9 Å². The molecule has 7 heteroatoms. The molecule has 0 atom stereocenters. The minimum absolute atomic E-state index is 0.193. The Morgan fingerprint density at radius 1 is 1.25 bits per heavy atom. The molecule has 0 aliphatic rings. The van der Waals surface area contributed by atoms with Crippen LogP contribution in [0.5, 0.6) is 0 Å². The third kappa shape index (κ3) is 3.35. The molecule has 24 heavy (non-hydrogen) atoms. The number of nitrogens with one attached hydrogen (secondary N) is 3. The van der Waals surface area contributed by atoms with E-state index >= 15 is 0 Å². The molecule has 0 aliphatic heterocycles. The van der Waals surface area contributed by atoms with Gasteiger partial charge in [0.25, 0.3) is 0 Å². The summed E-state index contributed by atoms with van der Waals surface area (Å²) in [7, 11) is 0. The second-order valence-corrected chi connectivity index (χ2v) is 7.54. The number of aromatic nitrogens is 3. The number of para-hydroxylation sites is 1. The lowest BCUT2D eigenvalue weighted by molar-refractivity contribution is 0.630. The van der Waals surface area contributed by atoms with Gasteiger partial charge >= 0.3 is 0 Å². The van der Waals surface area contributed by atoms with Crippen LogP contribution in [-0.2, 0) is 0 Å². The van der Waals surface area contributed by atoms with E-state index in [0.717, 1.165) is 15.8 Å². The molecule has 0 bridgehead atoms. The Kier molecular flexibility index (Phi) is 4.19. The summed E-state index contributed by atoms with van der Waals surface area (Å²) in [5, 5.41) is 13.2. The topological polar surface area (TPSA) is 103 Å². The number of H-pyrrole nitrogens is 1. The number of aromatic amines is 1. The van der Waals surface area contributed by atoms with E-state index in [1.54, 1.807) is 0 Å². The summed E-state index contributed by atoms with van der Waals surface area (Å²) in [6, 6.07) is 8.00. The molecule has 2 aromatic heterocycles. The second kappa shape index (κ2) is 6.16. The molecule has 0 saturated heterocycles. The first kappa shape index (κ1) is 16.3. The Hall–Kier alpha value is -2.54. The highest BCUT2D eigenvalue weighted by atomic mass is 32.2. The Balaban J connectivity index is 1.95. The monoisotopic (exact) mass is 340 g/mol. The zero-order valence-electron chi connectivity index (χ0n) is 13.8. The third-order valence-corrected chi connectivity index (χ3v) is 4.33. The van der Waals surface area contributed by atoms with Crippen molar-refractivity contribution in [2.45, 2.75) is 31.2 Å². The maximum Gasteiger partial charge on any atom is 0.141 e. The van der Waals surface area contributed by atoms with Crippen LogP contribution in [0.15, 0.2) is 41.7 Å². The van der Waals surface area contributed by atoms with E-state index in [9.17, 15) is 0 Å². The molecule has 3 rings (SSSR count). The summed E-state index contributed by atoms with van der Waals surface area (Å²) in [4.78, 5) is 12.5. The molecule has 1 aromatic carbocycles. The first-order valence-corrected chi connectivity index (χ1v) is 8.38. The Morgan fingerprint density at radius 3 is 2.75 bits per heavy atom. The molecular weight excluding hydrogens is 320 g/mol. The highest BCUT2D eigenvalue weighted by Crippen LogP contribution is 2.33. The van der Waals surface area contributed by atoms with Crippen LogP contribution in [0.2, 0.25) is 0 Å². The van der Waals surface area contributed by atoms with E-state index in [1.807, 2.05) is 51.2 Å². The zero-order chi connectivity index (χ0) is 17.3. The summed E-state index contributed by atoms with van der Waals surface area (Å²) >= 11 is 1.34. The molecule has 5 N–H and O–H groups in total. The molecular formula is C17H20N6S. The quantitative estimate of drug-likeness (QED) is 0.329. The van der Waals surface area contributed by atoms with Crippen LogP contribution in [0.4, 0.5) is 11.6 Å². The van der Waals surface area contributed by atoms with Crippen molar-refractivity contribution >= 4 is 39.3 Å². The van der Waals surface area contributed by atoms with Crippen LogP contribution < -0.4 is 11.1 Å². The number of hydrogen-bond acceptors (Lipinski definition) is 6. The van der Waals surface area contributed by atoms with Gasteiger partial charge in [-0.15, -0.1) is 0 Å². The average Bonchev–Trinajstić information content (AvgIpc) is 2.89. The molecule has 0 unspecified atom stereocenters. The molecule has 0 radical (unpaired) electrons. The number of nitrogens with two attached hydrogens (primary N) is 1. The zero-order valence-corrected chi connectivity index (χ0v) is 14.7. The number of nitrogens with zero attached hydrogens (tertiary/aromatic N) is 2. The lowest BCUT2D eigenvalue weighted by Crippen LogP contribution is -2.28. The van der Waals surface area contributed by atoms with Crippen molar-refractivity contribution in [3.05, 3.63) is 42.4 Å². The van der Waals surface area contributed by atoms with Crippen molar-refractivity contribution in [1.29, 1.82) is 5.41 Å². The van der Waals surface area contributed by atoms with Crippen LogP contribution in [0.1, 0.15) is 26.3 Å². The summed E-state index contributed by atoms with van der Waals surface area (Å²) in [6.07, 6.45) is 3.32. The fraction of sp³-hybridized carbons (Fsp3) is 0.235. The number of thioether (sulfide) groups is 1. The highest BCUT2D eigenvalue weighted by Gasteiger charge is 2.20. The van der Waals surface area contributed by atoms with Crippen LogP contribution >= 0.6 is 11.8 Å². The lowest BCUT2D eigenvalue weighted by Gasteiger charge is -2.23. The van der Waals surface area contributed by atoms with Crippen molar-refractivity contribution in [3.8, 4) is 0 Å². The largest absolute Gasteiger partial charge is 0.383 e. The third-order valence-electron chi connectivity index (χ3n) is 3.36. The van der Waals surface area contributed by atoms with Crippen molar-refractivity contribution < 1.29 is 0 Å². The number of hydrogen-bond donors (Lipinski definition) is 4. The average molecular weight is 340 g/mol. The predicted octanol–water partition coefficient (Wildman–Crippen LogP) is 3.87. The van der Waals surface area contributed by atoms with Crippen molar-refractivity contribution in [3.63, 3.8) is 0 Å². The Morgan fingerprint density at radius 2 is 2.00 bits per heavy atom. The van der Waals surface area contributed by atoms with Gasteiger partial charge < -0.3 is 16.0 Å². The van der Waals surface area contributed by atoms with Gasteiger partial charge in [-0.2, -0.15) is 0 Å². The molecule has 0 spiro atoms. The second-order valence-electron chi connectivity index (χ2n) is 6.49. The molecule has 0 aliphatic carbocycles. The predicted molar refractivity (Wildman–Crippen MR) is 101 cm³/mol. The van der Waals surface area contributed by atoms with Crippen molar-refractivity contribution in [2.75, 3.05) is 11.1 Å². The number of fused-ring (bicyclic) bond motifs is 1. The summed E-state index contributed by atoms with van der Waals surface area (Å²) in [6.45, 7) is 6.10. The van der Waals surface area contributed by atoms with Crippen molar-refractivity contribution in [1.82, 2.24) is 15.0 Å². The molecule has 124 valence electrons. The van der Waals surface area contributed by atoms with Crippen molar-refractivity contribution in [2.24, 2.45) is 0 Å². The van der Waals surface area contributed by atoms with E-state index < -0.39 is 0 Å². The van der Waals surface area contributed by atoms with Gasteiger partial charge in [0.15, 0.2) is 0 Å². The summed E-state index contributed by atoms with van der Waals surface area (Å²) < 4.78 is 0. The SMILES string of the molecule is CC(C)(C)Nc1ncnc(N)c1C(=N)Sc1c[nH]c2ccccc12. The van der Waals surface area contributed by atoms with E-state index in [1.165, 1.54) is 18.1 Å². The van der Waals surface area contributed by atoms with Gasteiger partial charge in [-0.1, -0.05) is 30.0 Å². The first-order valence-electron chi connectivity index (χ1n) is 7.57. The smallest absolute Gasteiger partial charge is 0.141 e. The molecule has 2 heterocycles. The fourth-order valence-electron chi connectivity index (χ4n) is 2.36. The summed E-state index contributed by atoms with van der Waals surface area (Å²) in [5.74, 6) is 0.876. The number of benzene rings is 1. The van der Waals surface area contributed by atoms with Gasteiger partial charge in [0, 0.05) is 27.5 Å². The lowest BCUT2D eigenvalue weighted by atomic mass is 10.1. The standard InChI is InChI=1S/C17H20N6S/c1-17(2,3)23-16-13(14(18)21-9-22-16)15(19)24-12-8-20-11-7-5-4-6-10(11)12/h4-9,19-20H,1-3H3,(H3,18,21,22,23).